The van der Waals surface area contributed by atoms with E-state index in [1.54, 1.807) is 6.33 Å². The third-order valence-corrected chi connectivity index (χ3v) is 5.72. The lowest BCUT2D eigenvalue weighted by atomic mass is 10.0. The lowest BCUT2D eigenvalue weighted by Gasteiger charge is -2.23. The minimum Gasteiger partial charge on any atom is -0.381 e. The van der Waals surface area contributed by atoms with E-state index in [1.807, 2.05) is 0 Å². The van der Waals surface area contributed by atoms with Gasteiger partial charge in [-0.1, -0.05) is 30.3 Å². The van der Waals surface area contributed by atoms with Crippen LogP contribution in [-0.4, -0.2) is 60.8 Å². The highest BCUT2D eigenvalue weighted by molar-refractivity contribution is 5.40. The molecule has 0 saturated carbocycles. The van der Waals surface area contributed by atoms with Crippen LogP contribution in [0.15, 0.2) is 42.7 Å². The number of benzene rings is 1. The highest BCUT2D eigenvalue weighted by atomic mass is 16.5. The molecule has 5 nitrogen and oxygen atoms in total. The number of aryl methyl sites for hydroxylation is 1. The topological polar surface area (TPSA) is 41.5 Å². The molecule has 1 atom stereocenters. The van der Waals surface area contributed by atoms with Crippen LogP contribution in [0.5, 0.6) is 0 Å². The summed E-state index contributed by atoms with van der Waals surface area (Å²) in [7, 11) is 0. The van der Waals surface area contributed by atoms with Crippen LogP contribution in [0, 0.1) is 0 Å². The van der Waals surface area contributed by atoms with Crippen LogP contribution in [0.4, 0.5) is 5.82 Å². The molecule has 0 spiro atoms. The monoisotopic (exact) mass is 366 g/mol. The zero-order chi connectivity index (χ0) is 18.3. The Morgan fingerprint density at radius 3 is 2.81 bits per heavy atom. The van der Waals surface area contributed by atoms with Crippen LogP contribution in [0.25, 0.3) is 0 Å². The first kappa shape index (κ1) is 18.4. The van der Waals surface area contributed by atoms with Crippen LogP contribution in [-0.2, 0) is 11.2 Å². The Hall–Kier alpha value is -1.98. The van der Waals surface area contributed by atoms with Crippen molar-refractivity contribution in [3.05, 3.63) is 54.0 Å². The number of anilines is 1. The fourth-order valence-corrected chi connectivity index (χ4v) is 4.10. The summed E-state index contributed by atoms with van der Waals surface area (Å²) in [5.74, 6) is 1.52. The van der Waals surface area contributed by atoms with Gasteiger partial charge in [-0.15, -0.1) is 0 Å². The van der Waals surface area contributed by atoms with E-state index in [0.717, 1.165) is 50.8 Å². The van der Waals surface area contributed by atoms with Crippen molar-refractivity contribution < 1.29 is 4.74 Å². The lowest BCUT2D eigenvalue weighted by Crippen LogP contribution is -2.32. The zero-order valence-electron chi connectivity index (χ0n) is 16.1. The SMILES string of the molecule is c1ccc(CCCN2CCCN(c3cc(C4CCOC4)ncn3)CC2)cc1. The number of hydrogen-bond acceptors (Lipinski definition) is 5. The summed E-state index contributed by atoms with van der Waals surface area (Å²) in [6.45, 7) is 7.24. The van der Waals surface area contributed by atoms with Gasteiger partial charge in [0.1, 0.15) is 12.1 Å². The molecule has 0 amide bonds. The molecule has 0 radical (unpaired) electrons. The Balaban J connectivity index is 1.28. The Labute approximate surface area is 162 Å². The van der Waals surface area contributed by atoms with E-state index in [-0.39, 0.29) is 0 Å². The van der Waals surface area contributed by atoms with E-state index in [9.17, 15) is 0 Å². The van der Waals surface area contributed by atoms with Gasteiger partial charge in [-0.2, -0.15) is 0 Å². The van der Waals surface area contributed by atoms with Crippen LogP contribution in [0.3, 0.4) is 0 Å². The fourth-order valence-electron chi connectivity index (χ4n) is 4.10. The quantitative estimate of drug-likeness (QED) is 0.786. The summed E-state index contributed by atoms with van der Waals surface area (Å²) in [6, 6.07) is 13.0. The highest BCUT2D eigenvalue weighted by Gasteiger charge is 2.21. The van der Waals surface area contributed by atoms with E-state index in [0.29, 0.717) is 5.92 Å². The predicted molar refractivity (Wildman–Crippen MR) is 108 cm³/mol. The van der Waals surface area contributed by atoms with Gasteiger partial charge in [-0.05, 0) is 44.3 Å². The molecule has 1 unspecified atom stereocenters. The number of nitrogens with zero attached hydrogens (tertiary/aromatic N) is 4. The van der Waals surface area contributed by atoms with E-state index in [2.05, 4.69) is 56.2 Å². The second-order valence-electron chi connectivity index (χ2n) is 7.63. The van der Waals surface area contributed by atoms with Gasteiger partial charge in [0.2, 0.25) is 0 Å². The first-order valence-corrected chi connectivity index (χ1v) is 10.3. The second kappa shape index (κ2) is 9.29. The molecule has 1 aromatic carbocycles. The Morgan fingerprint density at radius 1 is 1.04 bits per heavy atom. The predicted octanol–water partition coefficient (Wildman–Crippen LogP) is 3.13. The van der Waals surface area contributed by atoms with Crippen LogP contribution in [0.1, 0.15) is 36.4 Å². The summed E-state index contributed by atoms with van der Waals surface area (Å²) >= 11 is 0. The number of rotatable bonds is 6. The molecule has 2 aliphatic rings. The standard InChI is InChI=1S/C22H30N4O/c1-2-6-19(7-3-1)8-4-10-25-11-5-12-26(14-13-25)22-16-21(23-18-24-22)20-9-15-27-17-20/h1-3,6-7,16,18,20H,4-5,8-15,17H2. The van der Waals surface area contributed by atoms with Crippen LogP contribution >= 0.6 is 0 Å². The minimum atomic E-state index is 0.438. The molecule has 144 valence electrons. The lowest BCUT2D eigenvalue weighted by molar-refractivity contribution is 0.193. The zero-order valence-corrected chi connectivity index (χ0v) is 16.1. The molecule has 3 heterocycles. The molecule has 2 aliphatic heterocycles. The summed E-state index contributed by atoms with van der Waals surface area (Å²) in [6.07, 6.45) is 6.39. The molecule has 0 N–H and O–H groups in total. The van der Waals surface area contributed by atoms with Crippen molar-refractivity contribution in [1.82, 2.24) is 14.9 Å². The normalized spacial score (nSPS) is 21.3. The maximum Gasteiger partial charge on any atom is 0.132 e. The summed E-state index contributed by atoms with van der Waals surface area (Å²) in [5.41, 5.74) is 2.58. The largest absolute Gasteiger partial charge is 0.381 e. The van der Waals surface area contributed by atoms with Gasteiger partial charge >= 0.3 is 0 Å². The number of ether oxygens (including phenoxy) is 1. The molecule has 2 saturated heterocycles. The van der Waals surface area contributed by atoms with Gasteiger partial charge < -0.3 is 14.5 Å². The smallest absolute Gasteiger partial charge is 0.132 e. The molecule has 27 heavy (non-hydrogen) atoms. The Morgan fingerprint density at radius 2 is 1.96 bits per heavy atom. The van der Waals surface area contributed by atoms with Gasteiger partial charge in [0, 0.05) is 38.2 Å². The van der Waals surface area contributed by atoms with Gasteiger partial charge in [0.05, 0.1) is 12.3 Å². The summed E-state index contributed by atoms with van der Waals surface area (Å²) in [5, 5.41) is 0. The van der Waals surface area contributed by atoms with Crippen molar-refractivity contribution in [2.24, 2.45) is 0 Å². The maximum absolute atomic E-state index is 5.52. The first-order valence-electron chi connectivity index (χ1n) is 10.3. The molecule has 0 aliphatic carbocycles. The third kappa shape index (κ3) is 5.05. The van der Waals surface area contributed by atoms with Crippen molar-refractivity contribution in [1.29, 1.82) is 0 Å². The summed E-state index contributed by atoms with van der Waals surface area (Å²) in [4.78, 5) is 14.1. The average molecular weight is 367 g/mol. The third-order valence-electron chi connectivity index (χ3n) is 5.72. The average Bonchev–Trinajstić information content (AvgIpc) is 3.16. The van der Waals surface area contributed by atoms with Crippen molar-refractivity contribution in [2.75, 3.05) is 50.8 Å². The van der Waals surface area contributed by atoms with Crippen molar-refractivity contribution in [2.45, 2.75) is 31.6 Å². The van der Waals surface area contributed by atoms with E-state index in [1.165, 1.54) is 37.9 Å². The van der Waals surface area contributed by atoms with Gasteiger partial charge in [-0.25, -0.2) is 9.97 Å². The van der Waals surface area contributed by atoms with Gasteiger partial charge in [0.25, 0.3) is 0 Å². The highest BCUT2D eigenvalue weighted by Crippen LogP contribution is 2.25. The van der Waals surface area contributed by atoms with Crippen molar-refractivity contribution >= 4 is 5.82 Å². The molecule has 2 aromatic rings. The van der Waals surface area contributed by atoms with Gasteiger partial charge in [-0.3, -0.25) is 0 Å². The van der Waals surface area contributed by atoms with Crippen LogP contribution < -0.4 is 4.90 Å². The molecule has 4 rings (SSSR count). The fraction of sp³-hybridized carbons (Fsp3) is 0.545. The molecular weight excluding hydrogens is 336 g/mol. The molecule has 5 heteroatoms. The van der Waals surface area contributed by atoms with E-state index < -0.39 is 0 Å². The molecular formula is C22H30N4O. The maximum atomic E-state index is 5.52. The van der Waals surface area contributed by atoms with E-state index >= 15 is 0 Å². The van der Waals surface area contributed by atoms with Crippen molar-refractivity contribution in [3.8, 4) is 0 Å². The summed E-state index contributed by atoms with van der Waals surface area (Å²) < 4.78 is 5.52. The Kier molecular flexibility index (Phi) is 6.32. The molecule has 1 aromatic heterocycles. The minimum absolute atomic E-state index is 0.438. The van der Waals surface area contributed by atoms with Crippen molar-refractivity contribution in [3.63, 3.8) is 0 Å². The first-order chi connectivity index (χ1) is 13.4. The number of hydrogen-bond donors (Lipinski definition) is 0. The molecule has 2 fully saturated rings. The second-order valence-corrected chi connectivity index (χ2v) is 7.63. The van der Waals surface area contributed by atoms with Crippen LogP contribution in [0.2, 0.25) is 0 Å². The Bertz CT molecular complexity index is 702. The van der Waals surface area contributed by atoms with E-state index in [4.69, 9.17) is 4.74 Å². The van der Waals surface area contributed by atoms with Gasteiger partial charge in [0.15, 0.2) is 0 Å². The number of aromatic nitrogens is 2. The molecule has 0 bridgehead atoms.